The van der Waals surface area contributed by atoms with Crippen molar-refractivity contribution in [2.45, 2.75) is 13.8 Å². The van der Waals surface area contributed by atoms with Crippen molar-refractivity contribution in [2.75, 3.05) is 17.2 Å². The first kappa shape index (κ1) is 16.0. The summed E-state index contributed by atoms with van der Waals surface area (Å²) in [5.41, 5.74) is 2.95. The SMILES string of the molecule is Cc1cc(NC(=O)CNc2ccc(C)c(C#N)n2)ccc1Br. The number of rotatable bonds is 4. The molecule has 0 saturated heterocycles. The molecule has 0 saturated carbocycles. The van der Waals surface area contributed by atoms with Gasteiger partial charge in [0.15, 0.2) is 0 Å². The highest BCUT2D eigenvalue weighted by atomic mass is 79.9. The third kappa shape index (κ3) is 4.06. The molecule has 1 amide bonds. The monoisotopic (exact) mass is 358 g/mol. The highest BCUT2D eigenvalue weighted by molar-refractivity contribution is 9.10. The van der Waals surface area contributed by atoms with Crippen LogP contribution in [0.5, 0.6) is 0 Å². The number of pyridine rings is 1. The lowest BCUT2D eigenvalue weighted by molar-refractivity contribution is -0.114. The van der Waals surface area contributed by atoms with Gasteiger partial charge in [0, 0.05) is 10.2 Å². The van der Waals surface area contributed by atoms with Crippen molar-refractivity contribution in [3.05, 3.63) is 51.6 Å². The van der Waals surface area contributed by atoms with Gasteiger partial charge in [0.05, 0.1) is 6.54 Å². The number of halogens is 1. The number of carbonyl (C=O) groups excluding carboxylic acids is 1. The molecule has 0 unspecified atom stereocenters. The van der Waals surface area contributed by atoms with Gasteiger partial charge in [0.2, 0.25) is 5.91 Å². The van der Waals surface area contributed by atoms with Gasteiger partial charge in [-0.25, -0.2) is 4.98 Å². The number of anilines is 2. The molecule has 0 bridgehead atoms. The first-order valence-electron chi connectivity index (χ1n) is 6.67. The van der Waals surface area contributed by atoms with Crippen molar-refractivity contribution < 1.29 is 4.79 Å². The highest BCUT2D eigenvalue weighted by Gasteiger charge is 2.06. The lowest BCUT2D eigenvalue weighted by Crippen LogP contribution is -2.22. The van der Waals surface area contributed by atoms with E-state index in [-0.39, 0.29) is 12.5 Å². The average molecular weight is 359 g/mol. The Kier molecular flexibility index (Phi) is 5.12. The molecule has 2 rings (SSSR count). The Hall–Kier alpha value is -2.39. The van der Waals surface area contributed by atoms with Gasteiger partial charge in [-0.1, -0.05) is 22.0 Å². The van der Waals surface area contributed by atoms with Crippen LogP contribution in [-0.2, 0) is 4.79 Å². The highest BCUT2D eigenvalue weighted by Crippen LogP contribution is 2.19. The quantitative estimate of drug-likeness (QED) is 0.877. The summed E-state index contributed by atoms with van der Waals surface area (Å²) in [5.74, 6) is 0.326. The number of nitriles is 1. The number of benzene rings is 1. The number of amides is 1. The van der Waals surface area contributed by atoms with Crippen LogP contribution in [0, 0.1) is 25.2 Å². The minimum atomic E-state index is -0.178. The number of aromatic nitrogens is 1. The molecule has 0 aliphatic rings. The van der Waals surface area contributed by atoms with E-state index in [9.17, 15) is 4.79 Å². The number of hydrogen-bond acceptors (Lipinski definition) is 4. The summed E-state index contributed by atoms with van der Waals surface area (Å²) in [5, 5.41) is 14.7. The summed E-state index contributed by atoms with van der Waals surface area (Å²) in [6, 6.07) is 11.2. The van der Waals surface area contributed by atoms with E-state index < -0.39 is 0 Å². The van der Waals surface area contributed by atoms with Crippen molar-refractivity contribution in [1.82, 2.24) is 4.98 Å². The van der Waals surface area contributed by atoms with Crippen molar-refractivity contribution >= 4 is 33.3 Å². The molecule has 1 heterocycles. The second-order valence-electron chi connectivity index (χ2n) is 4.84. The molecule has 0 aliphatic carbocycles. The van der Waals surface area contributed by atoms with Crippen LogP contribution in [0.4, 0.5) is 11.5 Å². The van der Waals surface area contributed by atoms with Gasteiger partial charge >= 0.3 is 0 Å². The zero-order valence-corrected chi connectivity index (χ0v) is 13.9. The Balaban J connectivity index is 1.95. The van der Waals surface area contributed by atoms with Crippen molar-refractivity contribution in [2.24, 2.45) is 0 Å². The maximum atomic E-state index is 11.9. The Morgan fingerprint density at radius 1 is 1.27 bits per heavy atom. The Morgan fingerprint density at radius 3 is 2.73 bits per heavy atom. The number of hydrogen-bond donors (Lipinski definition) is 2. The van der Waals surface area contributed by atoms with Gasteiger partial charge in [-0.3, -0.25) is 4.79 Å². The van der Waals surface area contributed by atoms with Gasteiger partial charge < -0.3 is 10.6 Å². The molecule has 6 heteroatoms. The van der Waals surface area contributed by atoms with Gasteiger partial charge in [0.1, 0.15) is 17.6 Å². The van der Waals surface area contributed by atoms with Crippen LogP contribution in [0.25, 0.3) is 0 Å². The molecule has 1 aromatic carbocycles. The summed E-state index contributed by atoms with van der Waals surface area (Å²) >= 11 is 3.42. The van der Waals surface area contributed by atoms with Crippen molar-refractivity contribution in [3.63, 3.8) is 0 Å². The molecular weight excluding hydrogens is 344 g/mol. The normalized spacial score (nSPS) is 9.91. The minimum Gasteiger partial charge on any atom is -0.361 e. The first-order valence-corrected chi connectivity index (χ1v) is 7.46. The van der Waals surface area contributed by atoms with E-state index in [1.807, 2.05) is 38.1 Å². The van der Waals surface area contributed by atoms with Crippen LogP contribution in [0.3, 0.4) is 0 Å². The molecule has 112 valence electrons. The molecule has 1 aromatic heterocycles. The third-order valence-electron chi connectivity index (χ3n) is 3.07. The molecule has 0 aliphatic heterocycles. The fraction of sp³-hybridized carbons (Fsp3) is 0.188. The molecule has 0 fully saturated rings. The standard InChI is InChI=1S/C16H15BrN4O/c1-10-3-6-15(21-14(10)8-18)19-9-16(22)20-12-4-5-13(17)11(2)7-12/h3-7H,9H2,1-2H3,(H,19,21)(H,20,22). The summed E-state index contributed by atoms with van der Waals surface area (Å²) < 4.78 is 0.997. The molecule has 0 atom stereocenters. The molecule has 5 nitrogen and oxygen atoms in total. The second kappa shape index (κ2) is 7.05. The molecular formula is C16H15BrN4O. The minimum absolute atomic E-state index is 0.0794. The van der Waals surface area contributed by atoms with Gasteiger partial charge in [0.25, 0.3) is 0 Å². The average Bonchev–Trinajstić information content (AvgIpc) is 2.50. The smallest absolute Gasteiger partial charge is 0.243 e. The fourth-order valence-corrected chi connectivity index (χ4v) is 2.09. The number of nitrogens with zero attached hydrogens (tertiary/aromatic N) is 2. The summed E-state index contributed by atoms with van der Waals surface area (Å²) in [6.07, 6.45) is 0. The van der Waals surface area contributed by atoms with Crippen LogP contribution in [0.2, 0.25) is 0 Å². The Bertz CT molecular complexity index is 752. The molecule has 22 heavy (non-hydrogen) atoms. The summed E-state index contributed by atoms with van der Waals surface area (Å²) in [4.78, 5) is 16.1. The topological polar surface area (TPSA) is 77.8 Å². The van der Waals surface area contributed by atoms with Crippen LogP contribution in [0.15, 0.2) is 34.8 Å². The predicted molar refractivity (Wildman–Crippen MR) is 89.7 cm³/mol. The van der Waals surface area contributed by atoms with Crippen molar-refractivity contribution in [1.29, 1.82) is 5.26 Å². The van der Waals surface area contributed by atoms with Crippen LogP contribution < -0.4 is 10.6 Å². The van der Waals surface area contributed by atoms with Crippen LogP contribution in [-0.4, -0.2) is 17.4 Å². The van der Waals surface area contributed by atoms with Crippen LogP contribution >= 0.6 is 15.9 Å². The lowest BCUT2D eigenvalue weighted by atomic mass is 10.2. The third-order valence-corrected chi connectivity index (χ3v) is 3.96. The summed E-state index contributed by atoms with van der Waals surface area (Å²) in [7, 11) is 0. The van der Waals surface area contributed by atoms with Crippen molar-refractivity contribution in [3.8, 4) is 6.07 Å². The van der Waals surface area contributed by atoms with Gasteiger partial charge in [-0.2, -0.15) is 5.26 Å². The molecule has 0 spiro atoms. The number of nitrogens with one attached hydrogen (secondary N) is 2. The number of carbonyl (C=O) groups is 1. The second-order valence-corrected chi connectivity index (χ2v) is 5.69. The summed E-state index contributed by atoms with van der Waals surface area (Å²) in [6.45, 7) is 3.85. The van der Waals surface area contributed by atoms with E-state index in [0.29, 0.717) is 11.5 Å². The van der Waals surface area contributed by atoms with E-state index in [0.717, 1.165) is 21.3 Å². The van der Waals surface area contributed by atoms with Gasteiger partial charge in [-0.05, 0) is 49.2 Å². The maximum absolute atomic E-state index is 11.9. The van der Waals surface area contributed by atoms with E-state index in [1.54, 1.807) is 12.1 Å². The Labute approximate surface area is 137 Å². The van der Waals surface area contributed by atoms with Crippen LogP contribution in [0.1, 0.15) is 16.8 Å². The van der Waals surface area contributed by atoms with Gasteiger partial charge in [-0.15, -0.1) is 0 Å². The van der Waals surface area contributed by atoms with E-state index in [4.69, 9.17) is 5.26 Å². The largest absolute Gasteiger partial charge is 0.361 e. The zero-order valence-electron chi connectivity index (χ0n) is 12.3. The molecule has 2 aromatic rings. The Morgan fingerprint density at radius 2 is 2.05 bits per heavy atom. The van der Waals surface area contributed by atoms with E-state index >= 15 is 0 Å². The predicted octanol–water partition coefficient (Wildman–Crippen LogP) is 3.38. The fourth-order valence-electron chi connectivity index (χ4n) is 1.84. The number of aryl methyl sites for hydroxylation is 2. The van der Waals surface area contributed by atoms with E-state index in [1.165, 1.54) is 0 Å². The first-order chi connectivity index (χ1) is 10.5. The maximum Gasteiger partial charge on any atom is 0.243 e. The molecule has 0 radical (unpaired) electrons. The zero-order chi connectivity index (χ0) is 16.1. The molecule has 2 N–H and O–H groups in total. The lowest BCUT2D eigenvalue weighted by Gasteiger charge is -2.09. The van der Waals surface area contributed by atoms with E-state index in [2.05, 4.69) is 31.5 Å².